The van der Waals surface area contributed by atoms with Crippen LogP contribution in [0.3, 0.4) is 0 Å². The number of tetrazole rings is 1. The van der Waals surface area contributed by atoms with Gasteiger partial charge in [-0.25, -0.2) is 4.79 Å². The molecule has 0 saturated carbocycles. The molecule has 1 aromatic carbocycles. The number of ether oxygens (including phenoxy) is 1. The number of carbonyl (C=O) groups is 3. The Hall–Kier alpha value is -3.50. The number of aromatic nitrogens is 4. The van der Waals surface area contributed by atoms with E-state index in [1.807, 2.05) is 6.92 Å². The quantitative estimate of drug-likeness (QED) is 0.443. The van der Waals surface area contributed by atoms with Crippen LogP contribution in [-0.4, -0.2) is 64.1 Å². The summed E-state index contributed by atoms with van der Waals surface area (Å²) in [4.78, 5) is 33.0. The highest BCUT2D eigenvalue weighted by Crippen LogP contribution is 2.32. The Bertz CT molecular complexity index is 795. The third-order valence-corrected chi connectivity index (χ3v) is 3.85. The first-order valence-corrected chi connectivity index (χ1v) is 8.08. The molecule has 1 heterocycles. The van der Waals surface area contributed by atoms with E-state index in [1.54, 1.807) is 12.1 Å². The van der Waals surface area contributed by atoms with Crippen LogP contribution in [0, 0.1) is 5.92 Å². The normalized spacial score (nSPS) is 12.7. The van der Waals surface area contributed by atoms with Gasteiger partial charge < -0.3 is 25.3 Å². The van der Waals surface area contributed by atoms with Gasteiger partial charge in [-0.05, 0) is 23.6 Å². The zero-order chi connectivity index (χ0) is 19.8. The molecule has 1 aromatic heterocycles. The SMILES string of the molecule is COc1cc(NCC(C)CC(C=O)NC(=O)O)c(-c2nn[nH]n2)cc1C=O. The second-order valence-electron chi connectivity index (χ2n) is 5.91. The van der Waals surface area contributed by atoms with Gasteiger partial charge in [-0.1, -0.05) is 6.92 Å². The second-order valence-corrected chi connectivity index (χ2v) is 5.91. The number of hydrogen-bond donors (Lipinski definition) is 4. The molecule has 0 saturated heterocycles. The van der Waals surface area contributed by atoms with Crippen LogP contribution in [0.25, 0.3) is 11.4 Å². The molecule has 2 atom stereocenters. The molecule has 0 aliphatic rings. The van der Waals surface area contributed by atoms with Crippen LogP contribution in [0.4, 0.5) is 10.5 Å². The summed E-state index contributed by atoms with van der Waals surface area (Å²) in [7, 11) is 1.45. The lowest BCUT2D eigenvalue weighted by Crippen LogP contribution is -2.37. The number of H-pyrrole nitrogens is 1. The summed E-state index contributed by atoms with van der Waals surface area (Å²) in [5.74, 6) is 0.641. The number of aromatic amines is 1. The Kier molecular flexibility index (Phi) is 6.80. The lowest BCUT2D eigenvalue weighted by molar-refractivity contribution is -0.109. The summed E-state index contributed by atoms with van der Waals surface area (Å²) in [6.07, 6.45) is 0.309. The number of carboxylic acid groups (broad SMARTS) is 1. The third kappa shape index (κ3) is 5.23. The fourth-order valence-electron chi connectivity index (χ4n) is 2.58. The van der Waals surface area contributed by atoms with Gasteiger partial charge in [0.05, 0.1) is 18.7 Å². The smallest absolute Gasteiger partial charge is 0.405 e. The van der Waals surface area contributed by atoms with Gasteiger partial charge in [0.1, 0.15) is 12.0 Å². The molecule has 11 heteroatoms. The Balaban J connectivity index is 2.18. The highest BCUT2D eigenvalue weighted by atomic mass is 16.5. The molecule has 144 valence electrons. The molecule has 2 rings (SSSR count). The summed E-state index contributed by atoms with van der Waals surface area (Å²) >= 11 is 0. The number of nitrogens with zero attached hydrogens (tertiary/aromatic N) is 3. The van der Waals surface area contributed by atoms with Crippen molar-refractivity contribution in [3.8, 4) is 17.1 Å². The van der Waals surface area contributed by atoms with Crippen molar-refractivity contribution in [1.82, 2.24) is 25.9 Å². The number of methoxy groups -OCH3 is 1. The van der Waals surface area contributed by atoms with E-state index in [4.69, 9.17) is 9.84 Å². The lowest BCUT2D eigenvalue weighted by atomic mass is 10.0. The molecule has 0 radical (unpaired) electrons. The molecule has 0 spiro atoms. The number of nitrogens with one attached hydrogen (secondary N) is 3. The molecule has 0 aliphatic heterocycles. The van der Waals surface area contributed by atoms with Gasteiger partial charge in [-0.2, -0.15) is 5.21 Å². The number of anilines is 1. The Labute approximate surface area is 154 Å². The number of rotatable bonds is 10. The van der Waals surface area contributed by atoms with Gasteiger partial charge >= 0.3 is 6.09 Å². The lowest BCUT2D eigenvalue weighted by Gasteiger charge is -2.19. The van der Waals surface area contributed by atoms with E-state index in [0.29, 0.717) is 53.9 Å². The summed E-state index contributed by atoms with van der Waals surface area (Å²) in [5.41, 5.74) is 1.50. The molecular weight excluding hydrogens is 356 g/mol. The van der Waals surface area contributed by atoms with E-state index < -0.39 is 12.1 Å². The topological polar surface area (TPSA) is 159 Å². The van der Waals surface area contributed by atoms with E-state index in [-0.39, 0.29) is 5.92 Å². The van der Waals surface area contributed by atoms with Crippen molar-refractivity contribution >= 4 is 24.4 Å². The zero-order valence-corrected chi connectivity index (χ0v) is 14.8. The van der Waals surface area contributed by atoms with Crippen molar-refractivity contribution in [2.75, 3.05) is 19.0 Å². The average molecular weight is 376 g/mol. The molecule has 0 aliphatic carbocycles. The van der Waals surface area contributed by atoms with Gasteiger partial charge in [0.2, 0.25) is 5.82 Å². The average Bonchev–Trinajstić information content (AvgIpc) is 3.19. The molecule has 11 nitrogen and oxygen atoms in total. The standard InChI is InChI=1S/C16H20N6O5/c1-9(3-11(8-24)18-16(25)26)6-17-13-5-14(27-2)10(7-23)4-12(13)15-19-21-22-20-15/h4-5,7-9,11,17-18H,3,6H2,1-2H3,(H,25,26)(H,19,20,21,22). The fraction of sp³-hybridized carbons (Fsp3) is 0.375. The largest absolute Gasteiger partial charge is 0.496 e. The third-order valence-electron chi connectivity index (χ3n) is 3.85. The Morgan fingerprint density at radius 2 is 2.19 bits per heavy atom. The van der Waals surface area contributed by atoms with Gasteiger partial charge in [0.25, 0.3) is 0 Å². The van der Waals surface area contributed by atoms with Crippen molar-refractivity contribution in [1.29, 1.82) is 0 Å². The maximum absolute atomic E-state index is 11.3. The molecule has 4 N–H and O–H groups in total. The summed E-state index contributed by atoms with van der Waals surface area (Å²) in [5, 5.41) is 27.8. The maximum Gasteiger partial charge on any atom is 0.405 e. The van der Waals surface area contributed by atoms with Crippen LogP contribution in [0.15, 0.2) is 12.1 Å². The van der Waals surface area contributed by atoms with E-state index >= 15 is 0 Å². The van der Waals surface area contributed by atoms with Gasteiger partial charge in [-0.3, -0.25) is 4.79 Å². The fourth-order valence-corrected chi connectivity index (χ4v) is 2.58. The number of benzene rings is 1. The number of hydrogen-bond acceptors (Lipinski definition) is 8. The van der Waals surface area contributed by atoms with E-state index in [2.05, 4.69) is 31.3 Å². The highest BCUT2D eigenvalue weighted by molar-refractivity contribution is 5.87. The molecule has 0 bridgehead atoms. The predicted molar refractivity (Wildman–Crippen MR) is 94.8 cm³/mol. The molecule has 1 amide bonds. The van der Waals surface area contributed by atoms with Gasteiger partial charge in [0.15, 0.2) is 6.29 Å². The predicted octanol–water partition coefficient (Wildman–Crippen LogP) is 0.961. The molecule has 27 heavy (non-hydrogen) atoms. The van der Waals surface area contributed by atoms with E-state index in [1.165, 1.54) is 7.11 Å². The minimum absolute atomic E-state index is 0.0399. The summed E-state index contributed by atoms with van der Waals surface area (Å²) < 4.78 is 5.22. The van der Waals surface area contributed by atoms with Crippen LogP contribution < -0.4 is 15.4 Å². The number of carbonyl (C=O) groups excluding carboxylic acids is 2. The van der Waals surface area contributed by atoms with Crippen molar-refractivity contribution in [2.45, 2.75) is 19.4 Å². The van der Waals surface area contributed by atoms with Crippen molar-refractivity contribution in [2.24, 2.45) is 5.92 Å². The van der Waals surface area contributed by atoms with Crippen molar-refractivity contribution in [3.05, 3.63) is 17.7 Å². The summed E-state index contributed by atoms with van der Waals surface area (Å²) in [6.45, 7) is 2.30. The first-order chi connectivity index (χ1) is 13.0. The zero-order valence-electron chi connectivity index (χ0n) is 14.8. The Morgan fingerprint density at radius 1 is 1.41 bits per heavy atom. The minimum atomic E-state index is -1.25. The Morgan fingerprint density at radius 3 is 2.74 bits per heavy atom. The van der Waals surface area contributed by atoms with E-state index in [9.17, 15) is 14.4 Å². The van der Waals surface area contributed by atoms with Crippen LogP contribution in [0.1, 0.15) is 23.7 Å². The first-order valence-electron chi connectivity index (χ1n) is 8.08. The second kappa shape index (κ2) is 9.27. The molecular formula is C16H20N6O5. The first kappa shape index (κ1) is 19.8. The molecule has 2 aromatic rings. The molecule has 2 unspecified atom stereocenters. The van der Waals surface area contributed by atoms with Crippen molar-refractivity contribution < 1.29 is 24.2 Å². The minimum Gasteiger partial charge on any atom is -0.496 e. The molecule has 0 fully saturated rings. The van der Waals surface area contributed by atoms with Crippen LogP contribution in [-0.2, 0) is 4.79 Å². The number of aldehydes is 2. The van der Waals surface area contributed by atoms with Gasteiger partial charge in [-0.15, -0.1) is 10.2 Å². The van der Waals surface area contributed by atoms with Crippen LogP contribution in [0.2, 0.25) is 0 Å². The van der Waals surface area contributed by atoms with Crippen molar-refractivity contribution in [3.63, 3.8) is 0 Å². The highest BCUT2D eigenvalue weighted by Gasteiger charge is 2.18. The van der Waals surface area contributed by atoms with Gasteiger partial charge in [0, 0.05) is 23.9 Å². The van der Waals surface area contributed by atoms with E-state index in [0.717, 1.165) is 0 Å². The van der Waals surface area contributed by atoms with Crippen LogP contribution in [0.5, 0.6) is 5.75 Å². The number of amides is 1. The summed E-state index contributed by atoms with van der Waals surface area (Å²) in [6, 6.07) is 2.45. The monoisotopic (exact) mass is 376 g/mol. The maximum atomic E-state index is 11.3. The van der Waals surface area contributed by atoms with Crippen LogP contribution >= 0.6 is 0 Å².